The summed E-state index contributed by atoms with van der Waals surface area (Å²) >= 11 is 1.70. The van der Waals surface area contributed by atoms with E-state index in [-0.39, 0.29) is 4.75 Å². The van der Waals surface area contributed by atoms with E-state index in [1.165, 1.54) is 10.5 Å². The summed E-state index contributed by atoms with van der Waals surface area (Å²) in [6.45, 7) is 6.26. The van der Waals surface area contributed by atoms with E-state index in [1.54, 1.807) is 11.8 Å². The Morgan fingerprint density at radius 2 is 1.87 bits per heavy atom. The van der Waals surface area contributed by atoms with Gasteiger partial charge < -0.3 is 0 Å². The van der Waals surface area contributed by atoms with Crippen molar-refractivity contribution in [3.8, 4) is 6.07 Å². The van der Waals surface area contributed by atoms with Crippen molar-refractivity contribution in [2.24, 2.45) is 0 Å². The van der Waals surface area contributed by atoms with Gasteiger partial charge in [0.1, 0.15) is 4.75 Å². The summed E-state index contributed by atoms with van der Waals surface area (Å²) in [5.41, 5.74) is 1.25. The molecule has 1 nitrogen and oxygen atoms in total. The van der Waals surface area contributed by atoms with Gasteiger partial charge in [0.25, 0.3) is 0 Å². The summed E-state index contributed by atoms with van der Waals surface area (Å²) < 4.78 is -0.258. The zero-order valence-corrected chi connectivity index (χ0v) is 10.4. The van der Waals surface area contributed by atoms with Crippen molar-refractivity contribution in [2.45, 2.75) is 43.3 Å². The minimum atomic E-state index is -0.258. The van der Waals surface area contributed by atoms with Crippen molar-refractivity contribution in [1.82, 2.24) is 0 Å². The molecule has 0 unspecified atom stereocenters. The van der Waals surface area contributed by atoms with Crippen molar-refractivity contribution in [3.05, 3.63) is 29.8 Å². The normalized spacial score (nSPS) is 11.1. The number of thioether (sulfide) groups is 1. The molecule has 0 saturated heterocycles. The molecule has 0 aliphatic rings. The van der Waals surface area contributed by atoms with Crippen molar-refractivity contribution < 1.29 is 0 Å². The highest BCUT2D eigenvalue weighted by atomic mass is 32.2. The molecular formula is C13H17NS. The van der Waals surface area contributed by atoms with Crippen LogP contribution in [0.2, 0.25) is 0 Å². The standard InChI is InChI=1S/C13H17NS/c1-4-13(5-2,10-14)15-12-9-7-6-8-11(12)3/h6-9H,4-5H2,1-3H3. The Labute approximate surface area is 96.5 Å². The van der Waals surface area contributed by atoms with E-state index in [2.05, 4.69) is 39.0 Å². The van der Waals surface area contributed by atoms with E-state index in [1.807, 2.05) is 12.1 Å². The van der Waals surface area contributed by atoms with Gasteiger partial charge in [0, 0.05) is 4.90 Å². The molecule has 0 spiro atoms. The van der Waals surface area contributed by atoms with Gasteiger partial charge in [0.05, 0.1) is 6.07 Å². The van der Waals surface area contributed by atoms with Crippen LogP contribution < -0.4 is 0 Å². The molecule has 1 aromatic rings. The Kier molecular flexibility index (Phi) is 4.23. The molecule has 1 rings (SSSR count). The third-order valence-corrected chi connectivity index (χ3v) is 4.48. The van der Waals surface area contributed by atoms with Gasteiger partial charge in [-0.15, -0.1) is 11.8 Å². The van der Waals surface area contributed by atoms with Gasteiger partial charge in [0.15, 0.2) is 0 Å². The first kappa shape index (κ1) is 12.1. The maximum atomic E-state index is 9.26. The maximum Gasteiger partial charge on any atom is 0.106 e. The number of nitrogens with zero attached hydrogens (tertiary/aromatic N) is 1. The van der Waals surface area contributed by atoms with Crippen LogP contribution >= 0.6 is 11.8 Å². The fourth-order valence-corrected chi connectivity index (χ4v) is 2.59. The Hall–Kier alpha value is -0.940. The third kappa shape index (κ3) is 2.76. The number of hydrogen-bond donors (Lipinski definition) is 0. The zero-order valence-electron chi connectivity index (χ0n) is 9.58. The monoisotopic (exact) mass is 219 g/mol. The minimum absolute atomic E-state index is 0.258. The van der Waals surface area contributed by atoms with Gasteiger partial charge in [-0.3, -0.25) is 0 Å². The molecule has 1 aromatic carbocycles. The predicted molar refractivity (Wildman–Crippen MR) is 66.0 cm³/mol. The van der Waals surface area contributed by atoms with E-state index in [4.69, 9.17) is 0 Å². The quantitative estimate of drug-likeness (QED) is 0.710. The van der Waals surface area contributed by atoms with Gasteiger partial charge in [-0.2, -0.15) is 5.26 Å². The van der Waals surface area contributed by atoms with E-state index in [0.29, 0.717) is 0 Å². The molecule has 0 heterocycles. The smallest absolute Gasteiger partial charge is 0.106 e. The zero-order chi connectivity index (χ0) is 11.3. The van der Waals surface area contributed by atoms with Crippen LogP contribution in [0.4, 0.5) is 0 Å². The Morgan fingerprint density at radius 3 is 2.33 bits per heavy atom. The molecule has 0 aliphatic heterocycles. The van der Waals surface area contributed by atoms with Gasteiger partial charge in [-0.1, -0.05) is 32.0 Å². The third-order valence-electron chi connectivity index (χ3n) is 2.74. The number of rotatable bonds is 4. The SMILES string of the molecule is CCC(C#N)(CC)Sc1ccccc1C. The van der Waals surface area contributed by atoms with Crippen molar-refractivity contribution >= 4 is 11.8 Å². The second-order valence-electron chi connectivity index (χ2n) is 3.68. The molecule has 0 aliphatic carbocycles. The van der Waals surface area contributed by atoms with E-state index in [9.17, 15) is 5.26 Å². The molecule has 15 heavy (non-hydrogen) atoms. The lowest BCUT2D eigenvalue weighted by atomic mass is 10.1. The number of benzene rings is 1. The molecule has 0 amide bonds. The van der Waals surface area contributed by atoms with Crippen molar-refractivity contribution in [3.63, 3.8) is 0 Å². The highest BCUT2D eigenvalue weighted by Crippen LogP contribution is 2.38. The van der Waals surface area contributed by atoms with Gasteiger partial charge in [0.2, 0.25) is 0 Å². The lowest BCUT2D eigenvalue weighted by Crippen LogP contribution is -2.19. The largest absolute Gasteiger partial charge is 0.197 e. The second kappa shape index (κ2) is 5.23. The molecule has 2 heteroatoms. The molecule has 0 saturated carbocycles. The van der Waals surface area contributed by atoms with Crippen LogP contribution in [0, 0.1) is 18.3 Å². The summed E-state index contributed by atoms with van der Waals surface area (Å²) in [5, 5.41) is 9.26. The molecule has 80 valence electrons. The summed E-state index contributed by atoms with van der Waals surface area (Å²) in [4.78, 5) is 1.22. The minimum Gasteiger partial charge on any atom is -0.197 e. The van der Waals surface area contributed by atoms with Crippen LogP contribution in [0.15, 0.2) is 29.2 Å². The van der Waals surface area contributed by atoms with Crippen LogP contribution in [0.25, 0.3) is 0 Å². The molecular weight excluding hydrogens is 202 g/mol. The van der Waals surface area contributed by atoms with E-state index < -0.39 is 0 Å². The summed E-state index contributed by atoms with van der Waals surface area (Å²) in [6, 6.07) is 10.7. The Bertz CT molecular complexity index is 361. The fourth-order valence-electron chi connectivity index (χ4n) is 1.46. The Morgan fingerprint density at radius 1 is 1.27 bits per heavy atom. The average Bonchev–Trinajstić information content (AvgIpc) is 2.29. The van der Waals surface area contributed by atoms with Gasteiger partial charge in [-0.25, -0.2) is 0 Å². The number of aryl methyl sites for hydroxylation is 1. The fraction of sp³-hybridized carbons (Fsp3) is 0.462. The number of nitriles is 1. The van der Waals surface area contributed by atoms with Crippen LogP contribution in [0.1, 0.15) is 32.3 Å². The highest BCUT2D eigenvalue weighted by Gasteiger charge is 2.27. The van der Waals surface area contributed by atoms with Crippen LogP contribution in [0.3, 0.4) is 0 Å². The topological polar surface area (TPSA) is 23.8 Å². The lowest BCUT2D eigenvalue weighted by molar-refractivity contribution is 0.672. The second-order valence-corrected chi connectivity index (χ2v) is 5.11. The molecule has 0 atom stereocenters. The van der Waals surface area contributed by atoms with Crippen molar-refractivity contribution in [1.29, 1.82) is 5.26 Å². The maximum absolute atomic E-state index is 9.26. The number of hydrogen-bond acceptors (Lipinski definition) is 2. The van der Waals surface area contributed by atoms with Crippen LogP contribution in [-0.4, -0.2) is 4.75 Å². The van der Waals surface area contributed by atoms with Gasteiger partial charge >= 0.3 is 0 Å². The van der Waals surface area contributed by atoms with E-state index in [0.717, 1.165) is 12.8 Å². The molecule has 0 fully saturated rings. The van der Waals surface area contributed by atoms with Crippen molar-refractivity contribution in [2.75, 3.05) is 0 Å². The first-order valence-corrected chi connectivity index (χ1v) is 6.15. The van der Waals surface area contributed by atoms with Crippen LogP contribution in [0.5, 0.6) is 0 Å². The summed E-state index contributed by atoms with van der Waals surface area (Å²) in [5.74, 6) is 0. The van der Waals surface area contributed by atoms with E-state index >= 15 is 0 Å². The Balaban J connectivity index is 2.94. The van der Waals surface area contributed by atoms with Crippen LogP contribution in [-0.2, 0) is 0 Å². The molecule has 0 aromatic heterocycles. The summed E-state index contributed by atoms with van der Waals surface area (Å²) in [6.07, 6.45) is 1.78. The molecule has 0 N–H and O–H groups in total. The van der Waals surface area contributed by atoms with Gasteiger partial charge in [-0.05, 0) is 31.4 Å². The highest BCUT2D eigenvalue weighted by molar-refractivity contribution is 8.01. The summed E-state index contributed by atoms with van der Waals surface area (Å²) in [7, 11) is 0. The molecule has 0 radical (unpaired) electrons. The predicted octanol–water partition coefficient (Wildman–Crippen LogP) is 4.17. The average molecular weight is 219 g/mol. The lowest BCUT2D eigenvalue weighted by Gasteiger charge is -2.23. The first-order chi connectivity index (χ1) is 7.17. The molecule has 0 bridgehead atoms. The first-order valence-electron chi connectivity index (χ1n) is 5.33.